The number of carboxylic acids is 1. The number of hydrogen-bond acceptors (Lipinski definition) is 4. The first-order valence-electron chi connectivity index (χ1n) is 11.1. The zero-order chi connectivity index (χ0) is 21.1. The predicted molar refractivity (Wildman–Crippen MR) is 114 cm³/mol. The lowest BCUT2D eigenvalue weighted by molar-refractivity contribution is -0.146. The number of aromatic nitrogens is 1. The largest absolute Gasteiger partial charge is 0.497 e. The fourth-order valence-electron chi connectivity index (χ4n) is 4.73. The topological polar surface area (TPSA) is 62.7 Å². The van der Waals surface area contributed by atoms with Gasteiger partial charge in [0.1, 0.15) is 11.9 Å². The molecule has 0 bridgehead atoms. The molecule has 162 valence electrons. The maximum atomic E-state index is 15.3. The minimum atomic E-state index is -1.15. The van der Waals surface area contributed by atoms with Crippen LogP contribution < -0.4 is 4.74 Å². The van der Waals surface area contributed by atoms with Crippen LogP contribution in [0.1, 0.15) is 50.3 Å². The molecule has 1 aromatic heterocycles. The summed E-state index contributed by atoms with van der Waals surface area (Å²) in [6.45, 7) is 2.52. The van der Waals surface area contributed by atoms with E-state index in [1.54, 1.807) is 19.4 Å². The Kier molecular flexibility index (Phi) is 6.52. The van der Waals surface area contributed by atoms with Gasteiger partial charge in [0.05, 0.1) is 18.5 Å². The Morgan fingerprint density at radius 1 is 1.30 bits per heavy atom. The van der Waals surface area contributed by atoms with Crippen LogP contribution in [0.5, 0.6) is 5.75 Å². The van der Waals surface area contributed by atoms with E-state index in [1.807, 2.05) is 18.2 Å². The molecule has 0 spiro atoms. The number of carboxylic acid groups (broad SMARTS) is 1. The molecule has 4 rings (SSSR count). The quantitative estimate of drug-likeness (QED) is 0.635. The number of nitrogens with zero attached hydrogens (tertiary/aromatic N) is 2. The summed E-state index contributed by atoms with van der Waals surface area (Å²) in [7, 11) is 1.59. The zero-order valence-electron chi connectivity index (χ0n) is 17.6. The number of aliphatic carboxylic acids is 1. The van der Waals surface area contributed by atoms with Crippen molar-refractivity contribution in [1.82, 2.24) is 9.88 Å². The SMILES string of the molecule is COc1ccc2nccc(C(F)CC[C@@H]3CCN(CCC4CC4)C[C@@H]3C(=O)O)c2c1. The third-order valence-electron chi connectivity index (χ3n) is 6.82. The molecule has 1 N–H and O–H groups in total. The molecule has 1 saturated carbocycles. The number of pyridine rings is 1. The van der Waals surface area contributed by atoms with E-state index in [-0.39, 0.29) is 5.92 Å². The van der Waals surface area contributed by atoms with Gasteiger partial charge in [0, 0.05) is 18.1 Å². The normalized spacial score (nSPS) is 23.4. The number of rotatable bonds is 9. The Hall–Kier alpha value is -2.21. The molecule has 1 aliphatic heterocycles. The number of piperidine rings is 1. The van der Waals surface area contributed by atoms with Gasteiger partial charge in [-0.25, -0.2) is 4.39 Å². The van der Waals surface area contributed by atoms with Gasteiger partial charge in [0.25, 0.3) is 0 Å². The second-order valence-corrected chi connectivity index (χ2v) is 8.85. The first kappa shape index (κ1) is 21.0. The lowest BCUT2D eigenvalue weighted by Crippen LogP contribution is -2.44. The van der Waals surface area contributed by atoms with Crippen LogP contribution in [0.25, 0.3) is 10.9 Å². The molecule has 3 atom stereocenters. The number of hydrogen-bond donors (Lipinski definition) is 1. The molecule has 5 nitrogen and oxygen atoms in total. The van der Waals surface area contributed by atoms with E-state index in [2.05, 4.69) is 9.88 Å². The van der Waals surface area contributed by atoms with Crippen molar-refractivity contribution in [3.8, 4) is 5.75 Å². The lowest BCUT2D eigenvalue weighted by Gasteiger charge is -2.37. The highest BCUT2D eigenvalue weighted by Crippen LogP contribution is 2.36. The summed E-state index contributed by atoms with van der Waals surface area (Å²) >= 11 is 0. The number of fused-ring (bicyclic) bond motifs is 1. The van der Waals surface area contributed by atoms with Crippen molar-refractivity contribution in [2.24, 2.45) is 17.8 Å². The Morgan fingerprint density at radius 2 is 2.13 bits per heavy atom. The molecular weight excluding hydrogens is 383 g/mol. The summed E-state index contributed by atoms with van der Waals surface area (Å²) in [6.07, 6.45) is 6.06. The van der Waals surface area contributed by atoms with Crippen molar-refractivity contribution in [1.29, 1.82) is 0 Å². The van der Waals surface area contributed by atoms with Crippen molar-refractivity contribution in [2.75, 3.05) is 26.7 Å². The van der Waals surface area contributed by atoms with Gasteiger partial charge < -0.3 is 14.7 Å². The molecule has 30 heavy (non-hydrogen) atoms. The van der Waals surface area contributed by atoms with Crippen molar-refractivity contribution in [2.45, 2.75) is 44.7 Å². The predicted octanol–water partition coefficient (Wildman–Crippen LogP) is 4.86. The van der Waals surface area contributed by atoms with E-state index in [0.29, 0.717) is 30.7 Å². The van der Waals surface area contributed by atoms with E-state index in [9.17, 15) is 9.90 Å². The zero-order valence-corrected chi connectivity index (χ0v) is 17.6. The second-order valence-electron chi connectivity index (χ2n) is 8.85. The highest BCUT2D eigenvalue weighted by atomic mass is 19.1. The fraction of sp³-hybridized carbons (Fsp3) is 0.583. The standard InChI is InChI=1S/C24H31FN2O3/c1-30-18-5-7-23-20(14-18)19(8-11-26-23)22(25)6-4-17-10-13-27(12-9-16-2-3-16)15-21(17)24(28)29/h5,7-8,11,14,16-17,21-22H,2-4,6,9-10,12-13,15H2,1H3,(H,28,29)/t17-,21+,22?/m1/s1. The fourth-order valence-corrected chi connectivity index (χ4v) is 4.73. The first-order valence-corrected chi connectivity index (χ1v) is 11.1. The summed E-state index contributed by atoms with van der Waals surface area (Å²) in [4.78, 5) is 18.5. The number of ether oxygens (including phenoxy) is 1. The molecule has 1 unspecified atom stereocenters. The summed E-state index contributed by atoms with van der Waals surface area (Å²) < 4.78 is 20.5. The highest BCUT2D eigenvalue weighted by molar-refractivity contribution is 5.83. The minimum Gasteiger partial charge on any atom is -0.497 e. The van der Waals surface area contributed by atoms with Crippen molar-refractivity contribution >= 4 is 16.9 Å². The van der Waals surface area contributed by atoms with Gasteiger partial charge in [0.2, 0.25) is 0 Å². The monoisotopic (exact) mass is 414 g/mol. The van der Waals surface area contributed by atoms with Crippen molar-refractivity contribution in [3.63, 3.8) is 0 Å². The summed E-state index contributed by atoms with van der Waals surface area (Å²) in [5.41, 5.74) is 1.34. The van der Waals surface area contributed by atoms with Gasteiger partial charge >= 0.3 is 5.97 Å². The Balaban J connectivity index is 1.39. The van der Waals surface area contributed by atoms with Gasteiger partial charge in [0.15, 0.2) is 0 Å². The molecule has 2 fully saturated rings. The van der Waals surface area contributed by atoms with Crippen LogP contribution in [0, 0.1) is 17.8 Å². The van der Waals surface area contributed by atoms with Crippen LogP contribution in [-0.4, -0.2) is 47.7 Å². The number of likely N-dealkylation sites (tertiary alicyclic amines) is 1. The molecule has 2 aliphatic rings. The molecule has 2 aromatic rings. The molecule has 2 heterocycles. The maximum absolute atomic E-state index is 15.3. The van der Waals surface area contributed by atoms with E-state index >= 15 is 4.39 Å². The lowest BCUT2D eigenvalue weighted by atomic mass is 9.81. The molecule has 1 aromatic carbocycles. The Morgan fingerprint density at radius 3 is 2.87 bits per heavy atom. The van der Waals surface area contributed by atoms with Crippen LogP contribution in [-0.2, 0) is 4.79 Å². The minimum absolute atomic E-state index is 0.0283. The molecule has 0 amide bonds. The summed E-state index contributed by atoms with van der Waals surface area (Å²) in [5, 5.41) is 10.5. The van der Waals surface area contributed by atoms with Gasteiger partial charge in [-0.2, -0.15) is 0 Å². The highest BCUT2D eigenvalue weighted by Gasteiger charge is 2.35. The smallest absolute Gasteiger partial charge is 0.308 e. The van der Waals surface area contributed by atoms with Crippen molar-refractivity contribution < 1.29 is 19.0 Å². The maximum Gasteiger partial charge on any atom is 0.308 e. The summed E-state index contributed by atoms with van der Waals surface area (Å²) in [6, 6.07) is 7.20. The van der Waals surface area contributed by atoms with Crippen LogP contribution in [0.2, 0.25) is 0 Å². The number of alkyl halides is 1. The van der Waals surface area contributed by atoms with Crippen LogP contribution in [0.4, 0.5) is 4.39 Å². The molecule has 0 radical (unpaired) electrons. The van der Waals surface area contributed by atoms with Gasteiger partial charge in [-0.15, -0.1) is 0 Å². The number of halogens is 1. The number of carbonyl (C=O) groups is 1. The number of benzene rings is 1. The third-order valence-corrected chi connectivity index (χ3v) is 6.82. The molecule has 1 aliphatic carbocycles. The van der Waals surface area contributed by atoms with E-state index in [1.165, 1.54) is 19.3 Å². The van der Waals surface area contributed by atoms with Gasteiger partial charge in [-0.3, -0.25) is 9.78 Å². The number of methoxy groups -OCH3 is 1. The second kappa shape index (κ2) is 9.29. The average Bonchev–Trinajstić information content (AvgIpc) is 3.60. The molecule has 1 saturated heterocycles. The van der Waals surface area contributed by atoms with E-state index < -0.39 is 18.1 Å². The van der Waals surface area contributed by atoms with E-state index in [4.69, 9.17) is 4.74 Å². The first-order chi connectivity index (χ1) is 14.5. The third kappa shape index (κ3) is 4.91. The van der Waals surface area contributed by atoms with Crippen molar-refractivity contribution in [3.05, 3.63) is 36.0 Å². The summed E-state index contributed by atoms with van der Waals surface area (Å²) in [5.74, 6) is 0.409. The Labute approximate surface area is 177 Å². The van der Waals surface area contributed by atoms with Crippen LogP contribution in [0.15, 0.2) is 30.5 Å². The van der Waals surface area contributed by atoms with Crippen LogP contribution >= 0.6 is 0 Å². The van der Waals surface area contributed by atoms with E-state index in [0.717, 1.165) is 36.3 Å². The molecule has 6 heteroatoms. The van der Waals surface area contributed by atoms with Crippen LogP contribution in [0.3, 0.4) is 0 Å². The van der Waals surface area contributed by atoms with Gasteiger partial charge in [-0.05, 0) is 80.4 Å². The molecular formula is C24H31FN2O3. The van der Waals surface area contributed by atoms with Gasteiger partial charge in [-0.1, -0.05) is 12.8 Å². The average molecular weight is 415 g/mol. The Bertz CT molecular complexity index is 886.